The predicted molar refractivity (Wildman–Crippen MR) is 114 cm³/mol. The molecule has 0 aromatic heterocycles. The maximum absolute atomic E-state index is 6.11. The molecule has 0 saturated carbocycles. The van der Waals surface area contributed by atoms with Crippen LogP contribution in [0.4, 0.5) is 0 Å². The zero-order valence-corrected chi connectivity index (χ0v) is 16.9. The van der Waals surface area contributed by atoms with E-state index in [1.807, 2.05) is 0 Å². The molecule has 0 aliphatic heterocycles. The molecule has 2 heteroatoms. The Kier molecular flexibility index (Phi) is 5.10. The van der Waals surface area contributed by atoms with Crippen molar-refractivity contribution in [2.75, 3.05) is 13.2 Å². The van der Waals surface area contributed by atoms with Crippen molar-refractivity contribution in [3.63, 3.8) is 0 Å². The third-order valence-electron chi connectivity index (χ3n) is 6.04. The quantitative estimate of drug-likeness (QED) is 0.483. The molecule has 0 N–H and O–H groups in total. The highest BCUT2D eigenvalue weighted by Crippen LogP contribution is 2.44. The molecule has 142 valence electrons. The lowest BCUT2D eigenvalue weighted by Crippen LogP contribution is -2.24. The summed E-state index contributed by atoms with van der Waals surface area (Å²) in [7, 11) is 0. The number of fused-ring (bicyclic) bond motifs is 5. The van der Waals surface area contributed by atoms with Crippen molar-refractivity contribution in [1.29, 1.82) is 0 Å². The van der Waals surface area contributed by atoms with E-state index < -0.39 is 0 Å². The van der Waals surface area contributed by atoms with Gasteiger partial charge in [-0.1, -0.05) is 43.3 Å². The van der Waals surface area contributed by atoms with Gasteiger partial charge in [-0.25, -0.2) is 0 Å². The van der Waals surface area contributed by atoms with Crippen molar-refractivity contribution >= 4 is 21.5 Å². The Bertz CT molecular complexity index is 957. The summed E-state index contributed by atoms with van der Waals surface area (Å²) < 4.78 is 12.1. The summed E-state index contributed by atoms with van der Waals surface area (Å²) in [6.45, 7) is 10.2. The summed E-state index contributed by atoms with van der Waals surface area (Å²) >= 11 is 0. The average Bonchev–Trinajstić information content (AvgIpc) is 2.67. The summed E-state index contributed by atoms with van der Waals surface area (Å²) in [5.41, 5.74) is 2.96. The van der Waals surface area contributed by atoms with Crippen molar-refractivity contribution in [3.05, 3.63) is 53.6 Å². The smallest absolute Gasteiger partial charge is 0.128 e. The zero-order valence-electron chi connectivity index (χ0n) is 16.9. The topological polar surface area (TPSA) is 18.5 Å². The Labute approximate surface area is 162 Å². The maximum atomic E-state index is 6.11. The minimum Gasteiger partial charge on any atom is -0.493 e. The second-order valence-corrected chi connectivity index (χ2v) is 8.05. The van der Waals surface area contributed by atoms with Crippen LogP contribution < -0.4 is 4.74 Å². The van der Waals surface area contributed by atoms with E-state index in [-0.39, 0.29) is 0 Å². The van der Waals surface area contributed by atoms with E-state index in [4.69, 9.17) is 9.47 Å². The molecule has 0 amide bonds. The highest BCUT2D eigenvalue weighted by molar-refractivity contribution is 6.11. The van der Waals surface area contributed by atoms with Gasteiger partial charge in [-0.2, -0.15) is 0 Å². The molecule has 0 heterocycles. The van der Waals surface area contributed by atoms with E-state index >= 15 is 0 Å². The van der Waals surface area contributed by atoms with Crippen LogP contribution in [0.5, 0.6) is 5.75 Å². The van der Waals surface area contributed by atoms with Crippen molar-refractivity contribution in [3.8, 4) is 5.75 Å². The summed E-state index contributed by atoms with van der Waals surface area (Å²) in [6.07, 6.45) is 2.58. The fourth-order valence-electron chi connectivity index (χ4n) is 4.59. The van der Waals surface area contributed by atoms with Crippen LogP contribution >= 0.6 is 0 Å². The van der Waals surface area contributed by atoms with Crippen LogP contribution in [0, 0.1) is 5.92 Å². The molecule has 4 rings (SSSR count). The van der Waals surface area contributed by atoms with Crippen LogP contribution in [0.2, 0.25) is 0 Å². The standard InChI is InChI=1S/C25H30O2/c1-5-26-24-14-18-8-6-7-9-21(18)23-13-12-20-17(4)19(15-27-16(2)3)10-11-22(20)25(23)24/h6-9,12-14,16-17,19H,5,10-11,15H2,1-4H3. The van der Waals surface area contributed by atoms with Crippen molar-refractivity contribution in [2.45, 2.75) is 52.6 Å². The minimum atomic E-state index is 0.297. The summed E-state index contributed by atoms with van der Waals surface area (Å²) in [5, 5.41) is 5.21. The normalized spacial score (nSPS) is 19.6. The zero-order chi connectivity index (χ0) is 19.0. The van der Waals surface area contributed by atoms with Crippen LogP contribution in [-0.4, -0.2) is 19.3 Å². The Morgan fingerprint density at radius 2 is 1.89 bits per heavy atom. The van der Waals surface area contributed by atoms with Gasteiger partial charge in [-0.3, -0.25) is 0 Å². The molecule has 3 aromatic carbocycles. The molecule has 1 aliphatic carbocycles. The van der Waals surface area contributed by atoms with Crippen molar-refractivity contribution in [2.24, 2.45) is 5.92 Å². The molecule has 2 unspecified atom stereocenters. The fourth-order valence-corrected chi connectivity index (χ4v) is 4.59. The monoisotopic (exact) mass is 362 g/mol. The first kappa shape index (κ1) is 18.3. The second kappa shape index (κ2) is 7.52. The molecule has 27 heavy (non-hydrogen) atoms. The number of rotatable bonds is 5. The van der Waals surface area contributed by atoms with Crippen molar-refractivity contribution < 1.29 is 9.47 Å². The third kappa shape index (κ3) is 3.32. The molecule has 3 aromatic rings. The van der Waals surface area contributed by atoms with Crippen LogP contribution in [0.15, 0.2) is 42.5 Å². The summed E-state index contributed by atoms with van der Waals surface area (Å²) in [6, 6.07) is 15.5. The lowest BCUT2D eigenvalue weighted by Gasteiger charge is -2.33. The van der Waals surface area contributed by atoms with Crippen LogP contribution in [0.3, 0.4) is 0 Å². The van der Waals surface area contributed by atoms with E-state index in [0.717, 1.165) is 18.8 Å². The van der Waals surface area contributed by atoms with Gasteiger partial charge in [0.1, 0.15) is 5.75 Å². The first-order valence-corrected chi connectivity index (χ1v) is 10.3. The number of hydrogen-bond donors (Lipinski definition) is 0. The largest absolute Gasteiger partial charge is 0.493 e. The lowest BCUT2D eigenvalue weighted by atomic mass is 9.74. The van der Waals surface area contributed by atoms with E-state index in [2.05, 4.69) is 70.2 Å². The number of aryl methyl sites for hydroxylation is 1. The third-order valence-corrected chi connectivity index (χ3v) is 6.04. The Morgan fingerprint density at radius 1 is 1.07 bits per heavy atom. The fraction of sp³-hybridized carbons (Fsp3) is 0.440. The van der Waals surface area contributed by atoms with Crippen LogP contribution in [-0.2, 0) is 11.2 Å². The van der Waals surface area contributed by atoms with Gasteiger partial charge in [-0.05, 0) is 78.8 Å². The highest BCUT2D eigenvalue weighted by atomic mass is 16.5. The molecule has 0 fully saturated rings. The van der Waals surface area contributed by atoms with Crippen molar-refractivity contribution in [1.82, 2.24) is 0 Å². The van der Waals surface area contributed by atoms with Crippen LogP contribution in [0.25, 0.3) is 21.5 Å². The van der Waals surface area contributed by atoms with Gasteiger partial charge in [0.2, 0.25) is 0 Å². The molecular weight excluding hydrogens is 332 g/mol. The first-order chi connectivity index (χ1) is 13.1. The van der Waals surface area contributed by atoms with Gasteiger partial charge in [0.05, 0.1) is 19.3 Å². The van der Waals surface area contributed by atoms with Gasteiger partial charge < -0.3 is 9.47 Å². The van der Waals surface area contributed by atoms with Gasteiger partial charge in [0.15, 0.2) is 0 Å². The van der Waals surface area contributed by atoms with Gasteiger partial charge in [-0.15, -0.1) is 0 Å². The Balaban J connectivity index is 1.86. The average molecular weight is 363 g/mol. The maximum Gasteiger partial charge on any atom is 0.128 e. The number of hydrogen-bond acceptors (Lipinski definition) is 2. The Hall–Kier alpha value is -2.06. The Morgan fingerprint density at radius 3 is 2.67 bits per heavy atom. The predicted octanol–water partition coefficient (Wildman–Crippen LogP) is 6.48. The second-order valence-electron chi connectivity index (χ2n) is 8.05. The van der Waals surface area contributed by atoms with E-state index in [1.54, 1.807) is 0 Å². The SMILES string of the molecule is CCOc1cc2ccccc2c2ccc3c(c12)CCC(COC(C)C)C3C. The summed E-state index contributed by atoms with van der Waals surface area (Å²) in [4.78, 5) is 0. The molecule has 2 nitrogen and oxygen atoms in total. The minimum absolute atomic E-state index is 0.297. The molecule has 2 atom stereocenters. The molecular formula is C25H30O2. The molecule has 0 spiro atoms. The van der Waals surface area contributed by atoms with Gasteiger partial charge in [0.25, 0.3) is 0 Å². The van der Waals surface area contributed by atoms with E-state index in [0.29, 0.717) is 24.5 Å². The molecule has 1 aliphatic rings. The van der Waals surface area contributed by atoms with Gasteiger partial charge in [0, 0.05) is 5.39 Å². The highest BCUT2D eigenvalue weighted by Gasteiger charge is 2.29. The van der Waals surface area contributed by atoms with E-state index in [1.165, 1.54) is 39.1 Å². The first-order valence-electron chi connectivity index (χ1n) is 10.3. The molecule has 0 saturated heterocycles. The van der Waals surface area contributed by atoms with Crippen LogP contribution in [0.1, 0.15) is 51.2 Å². The van der Waals surface area contributed by atoms with E-state index in [9.17, 15) is 0 Å². The lowest BCUT2D eigenvalue weighted by molar-refractivity contribution is 0.0413. The van der Waals surface area contributed by atoms with Gasteiger partial charge >= 0.3 is 0 Å². The molecule has 0 bridgehead atoms. The number of ether oxygens (including phenoxy) is 2. The number of benzene rings is 3. The summed E-state index contributed by atoms with van der Waals surface area (Å²) in [5.74, 6) is 2.14. The molecule has 0 radical (unpaired) electrons.